The number of aliphatic hydroxyl groups is 1. The highest BCUT2D eigenvalue weighted by Crippen LogP contribution is 2.34. The zero-order valence-corrected chi connectivity index (χ0v) is 16.6. The number of β-amino-alcohol motifs (C(OH)–C–C–N with tert-alkyl or cyclic N) is 1. The van der Waals surface area contributed by atoms with Gasteiger partial charge in [0.25, 0.3) is 5.91 Å². The van der Waals surface area contributed by atoms with Crippen LogP contribution in [-0.2, 0) is 11.0 Å². The number of carbonyl (C=O) groups is 1. The molecule has 0 aromatic heterocycles. The summed E-state index contributed by atoms with van der Waals surface area (Å²) in [5.41, 5.74) is -2.07. The number of carbonyl (C=O) groups excluding carboxylic acids is 1. The van der Waals surface area contributed by atoms with E-state index in [4.69, 9.17) is 10.5 Å². The molecule has 1 saturated heterocycles. The Labute approximate surface area is 177 Å². The lowest BCUT2D eigenvalue weighted by molar-refractivity contribution is -0.138. The van der Waals surface area contributed by atoms with Crippen LogP contribution in [0.2, 0.25) is 0 Å². The molecule has 0 aliphatic carbocycles. The quantitative estimate of drug-likeness (QED) is 0.762. The van der Waals surface area contributed by atoms with Crippen molar-refractivity contribution >= 4 is 11.6 Å². The van der Waals surface area contributed by atoms with E-state index in [-0.39, 0.29) is 18.2 Å². The number of benzene rings is 2. The van der Waals surface area contributed by atoms with Gasteiger partial charge >= 0.3 is 6.18 Å². The van der Waals surface area contributed by atoms with Gasteiger partial charge in [-0.15, -0.1) is 0 Å². The van der Waals surface area contributed by atoms with Crippen molar-refractivity contribution in [3.63, 3.8) is 0 Å². The molecule has 1 aliphatic rings. The highest BCUT2D eigenvalue weighted by Gasteiger charge is 2.38. The van der Waals surface area contributed by atoms with Gasteiger partial charge in [0.15, 0.2) is 5.60 Å². The van der Waals surface area contributed by atoms with Crippen molar-refractivity contribution in [2.45, 2.75) is 24.6 Å². The van der Waals surface area contributed by atoms with Crippen molar-refractivity contribution in [2.24, 2.45) is 0 Å². The van der Waals surface area contributed by atoms with Crippen molar-refractivity contribution in [3.05, 3.63) is 64.7 Å². The molecule has 0 radical (unpaired) electrons. The number of hydrogen-bond donors (Lipinski definition) is 2. The number of hydrogen-bond acceptors (Lipinski definition) is 5. The van der Waals surface area contributed by atoms with Gasteiger partial charge in [-0.05, 0) is 42.8 Å². The maximum absolute atomic E-state index is 13.1. The molecule has 1 aliphatic heterocycles. The number of alkyl halides is 3. The summed E-state index contributed by atoms with van der Waals surface area (Å²) in [6, 6.07) is 13.6. The van der Waals surface area contributed by atoms with Crippen LogP contribution < -0.4 is 5.32 Å². The number of nitriles is 2. The third kappa shape index (κ3) is 5.02. The smallest absolute Gasteiger partial charge is 0.379 e. The standard InChI is InChI=1S/C22H19F3N4O2/c1-21(31,13-29-11-17(12-29)15-4-2-14(9-26)3-5-15)20(30)28-18-7-6-16(10-27)19(8-18)22(23,24)25/h2-8,17,31H,11-13H2,1H3,(H,28,30). The average Bonchev–Trinajstić information content (AvgIpc) is 2.70. The number of nitrogens with one attached hydrogen (secondary N) is 1. The van der Waals surface area contributed by atoms with Crippen molar-refractivity contribution < 1.29 is 23.1 Å². The minimum atomic E-state index is -4.74. The highest BCUT2D eigenvalue weighted by atomic mass is 19.4. The Balaban J connectivity index is 1.61. The van der Waals surface area contributed by atoms with Gasteiger partial charge in [0.1, 0.15) is 0 Å². The maximum atomic E-state index is 13.1. The van der Waals surface area contributed by atoms with Gasteiger partial charge in [0, 0.05) is 31.2 Å². The number of amides is 1. The van der Waals surface area contributed by atoms with Crippen molar-refractivity contribution in [1.82, 2.24) is 4.90 Å². The van der Waals surface area contributed by atoms with E-state index < -0.39 is 28.8 Å². The van der Waals surface area contributed by atoms with Crippen LogP contribution in [0.25, 0.3) is 0 Å². The second-order valence-corrected chi connectivity index (χ2v) is 7.72. The van der Waals surface area contributed by atoms with Crippen LogP contribution >= 0.6 is 0 Å². The molecule has 0 spiro atoms. The minimum Gasteiger partial charge on any atom is -0.379 e. The zero-order chi connectivity index (χ0) is 22.8. The molecule has 0 bridgehead atoms. The largest absolute Gasteiger partial charge is 0.417 e. The highest BCUT2D eigenvalue weighted by molar-refractivity contribution is 5.97. The number of nitrogens with zero attached hydrogens (tertiary/aromatic N) is 3. The molecule has 6 nitrogen and oxygen atoms in total. The monoisotopic (exact) mass is 428 g/mol. The van der Waals surface area contributed by atoms with Crippen LogP contribution in [-0.4, -0.2) is 41.1 Å². The van der Waals surface area contributed by atoms with Gasteiger partial charge in [-0.2, -0.15) is 23.7 Å². The van der Waals surface area contributed by atoms with E-state index in [1.54, 1.807) is 12.1 Å². The zero-order valence-electron chi connectivity index (χ0n) is 16.6. The van der Waals surface area contributed by atoms with Gasteiger partial charge < -0.3 is 10.4 Å². The second-order valence-electron chi connectivity index (χ2n) is 7.72. The fourth-order valence-electron chi connectivity index (χ4n) is 3.47. The first-order chi connectivity index (χ1) is 14.5. The SMILES string of the molecule is CC(O)(CN1CC(c2ccc(C#N)cc2)C1)C(=O)Nc1ccc(C#N)c(C(F)(F)F)c1. The lowest BCUT2D eigenvalue weighted by Crippen LogP contribution is -2.55. The summed E-state index contributed by atoms with van der Waals surface area (Å²) in [5.74, 6) is -0.633. The first kappa shape index (κ1) is 22.3. The molecular weight excluding hydrogens is 409 g/mol. The molecule has 2 N–H and O–H groups in total. The molecule has 1 heterocycles. The van der Waals surface area contributed by atoms with Gasteiger partial charge in [-0.25, -0.2) is 0 Å². The normalized spacial score (nSPS) is 16.5. The number of rotatable bonds is 5. The van der Waals surface area contributed by atoms with Crippen LogP contribution in [0.15, 0.2) is 42.5 Å². The van der Waals surface area contributed by atoms with E-state index in [0.717, 1.165) is 11.6 Å². The first-order valence-corrected chi connectivity index (χ1v) is 9.41. The predicted octanol–water partition coefficient (Wildman–Crippen LogP) is 3.24. The number of likely N-dealkylation sites (tertiary alicyclic amines) is 1. The summed E-state index contributed by atoms with van der Waals surface area (Å²) in [7, 11) is 0. The van der Waals surface area contributed by atoms with E-state index in [1.165, 1.54) is 19.1 Å². The van der Waals surface area contributed by atoms with Crippen LogP contribution in [0.4, 0.5) is 18.9 Å². The van der Waals surface area contributed by atoms with Gasteiger partial charge in [-0.1, -0.05) is 12.1 Å². The molecule has 2 aromatic carbocycles. The second kappa shape index (κ2) is 8.38. The Morgan fingerprint density at radius 2 is 1.81 bits per heavy atom. The molecule has 3 rings (SSSR count). The Morgan fingerprint density at radius 3 is 2.35 bits per heavy atom. The summed E-state index contributed by atoms with van der Waals surface area (Å²) in [5, 5.41) is 30.6. The summed E-state index contributed by atoms with van der Waals surface area (Å²) in [6.07, 6.45) is -4.74. The Morgan fingerprint density at radius 1 is 1.16 bits per heavy atom. The van der Waals surface area contributed by atoms with Crippen LogP contribution in [0.1, 0.15) is 35.1 Å². The van der Waals surface area contributed by atoms with Gasteiger partial charge in [-0.3, -0.25) is 9.69 Å². The van der Waals surface area contributed by atoms with E-state index in [2.05, 4.69) is 11.4 Å². The molecule has 31 heavy (non-hydrogen) atoms. The molecule has 1 unspecified atom stereocenters. The first-order valence-electron chi connectivity index (χ1n) is 9.41. The van der Waals surface area contributed by atoms with Crippen molar-refractivity contribution in [1.29, 1.82) is 10.5 Å². The molecule has 1 fully saturated rings. The van der Waals surface area contributed by atoms with E-state index in [0.29, 0.717) is 24.7 Å². The summed E-state index contributed by atoms with van der Waals surface area (Å²) in [4.78, 5) is 14.3. The van der Waals surface area contributed by atoms with Crippen molar-refractivity contribution in [2.75, 3.05) is 25.0 Å². The van der Waals surface area contributed by atoms with Crippen LogP contribution in [0, 0.1) is 22.7 Å². The molecule has 9 heteroatoms. The van der Waals surface area contributed by atoms with Crippen LogP contribution in [0.3, 0.4) is 0 Å². The summed E-state index contributed by atoms with van der Waals surface area (Å²) in [6.45, 7) is 2.51. The van der Waals surface area contributed by atoms with E-state index in [9.17, 15) is 23.1 Å². The fraction of sp³-hybridized carbons (Fsp3) is 0.318. The molecular formula is C22H19F3N4O2. The molecule has 1 atom stereocenters. The van der Waals surface area contributed by atoms with Gasteiger partial charge in [0.2, 0.25) is 0 Å². The van der Waals surface area contributed by atoms with Gasteiger partial charge in [0.05, 0.1) is 28.8 Å². The minimum absolute atomic E-state index is 0.00796. The Kier molecular flexibility index (Phi) is 6.03. The molecule has 2 aromatic rings. The lowest BCUT2D eigenvalue weighted by atomic mass is 9.89. The number of halogens is 3. The topological polar surface area (TPSA) is 100 Å². The summed E-state index contributed by atoms with van der Waals surface area (Å²) >= 11 is 0. The van der Waals surface area contributed by atoms with Crippen LogP contribution in [0.5, 0.6) is 0 Å². The van der Waals surface area contributed by atoms with E-state index in [1.807, 2.05) is 17.0 Å². The average molecular weight is 428 g/mol. The Bertz CT molecular complexity index is 1060. The van der Waals surface area contributed by atoms with E-state index >= 15 is 0 Å². The summed E-state index contributed by atoms with van der Waals surface area (Å²) < 4.78 is 39.3. The molecule has 0 saturated carbocycles. The third-order valence-electron chi connectivity index (χ3n) is 5.19. The Hall–Kier alpha value is -3.40. The molecule has 1 amide bonds. The third-order valence-corrected chi connectivity index (χ3v) is 5.19. The maximum Gasteiger partial charge on any atom is 0.417 e. The fourth-order valence-corrected chi connectivity index (χ4v) is 3.47. The van der Waals surface area contributed by atoms with Crippen molar-refractivity contribution in [3.8, 4) is 12.1 Å². The molecule has 160 valence electrons. The predicted molar refractivity (Wildman–Crippen MR) is 106 cm³/mol. The lowest BCUT2D eigenvalue weighted by Gasteiger charge is -2.42. The number of anilines is 1.